The van der Waals surface area contributed by atoms with Crippen LogP contribution in [0.3, 0.4) is 0 Å². The highest BCUT2D eigenvalue weighted by Crippen LogP contribution is 2.49. The van der Waals surface area contributed by atoms with Crippen LogP contribution in [0.5, 0.6) is 0 Å². The van der Waals surface area contributed by atoms with Crippen LogP contribution in [0.2, 0.25) is 0 Å². The Morgan fingerprint density at radius 2 is 2.00 bits per heavy atom. The molecule has 0 heterocycles. The van der Waals surface area contributed by atoms with E-state index in [0.29, 0.717) is 23.8 Å². The topological polar surface area (TPSA) is 17.1 Å². The summed E-state index contributed by atoms with van der Waals surface area (Å²) in [6, 6.07) is 5.12. The van der Waals surface area contributed by atoms with Crippen molar-refractivity contribution >= 4 is 5.78 Å². The molecule has 1 nitrogen and oxygen atoms in total. The van der Waals surface area contributed by atoms with Crippen molar-refractivity contribution in [3.8, 4) is 0 Å². The maximum absolute atomic E-state index is 12.6. The second-order valence-electron chi connectivity index (χ2n) is 6.55. The first-order chi connectivity index (χ1) is 9.91. The summed E-state index contributed by atoms with van der Waals surface area (Å²) in [6.45, 7) is 0. The van der Waals surface area contributed by atoms with Crippen molar-refractivity contribution in [1.82, 2.24) is 0 Å². The molecule has 2 aliphatic rings. The van der Waals surface area contributed by atoms with E-state index in [4.69, 9.17) is 0 Å². The fraction of sp³-hybridized carbons (Fsp3) is 0.588. The molecule has 0 radical (unpaired) electrons. The van der Waals surface area contributed by atoms with Gasteiger partial charge in [0.05, 0.1) is 5.56 Å². The number of carbonyl (C=O) groups excluding carboxylic acids is 1. The van der Waals surface area contributed by atoms with Gasteiger partial charge < -0.3 is 0 Å². The largest absolute Gasteiger partial charge is 0.416 e. The maximum atomic E-state index is 12.6. The van der Waals surface area contributed by atoms with Gasteiger partial charge in [-0.15, -0.1) is 0 Å². The third kappa shape index (κ3) is 3.30. The lowest BCUT2D eigenvalue weighted by atomic mass is 9.84. The fourth-order valence-corrected chi connectivity index (χ4v) is 4.08. The molecule has 1 aromatic carbocycles. The molecule has 3 atom stereocenters. The van der Waals surface area contributed by atoms with Gasteiger partial charge in [0.2, 0.25) is 0 Å². The first kappa shape index (κ1) is 14.6. The molecule has 0 amide bonds. The molecule has 0 aromatic heterocycles. The molecule has 2 aliphatic carbocycles. The molecule has 2 saturated carbocycles. The molecule has 3 rings (SSSR count). The Morgan fingerprint density at radius 1 is 1.19 bits per heavy atom. The highest BCUT2D eigenvalue weighted by molar-refractivity contribution is 5.81. The zero-order valence-electron chi connectivity index (χ0n) is 11.8. The number of fused-ring (bicyclic) bond motifs is 2. The predicted molar refractivity (Wildman–Crippen MR) is 73.7 cm³/mol. The summed E-state index contributed by atoms with van der Waals surface area (Å²) in [5, 5.41) is 0. The molecular weight excluding hydrogens is 277 g/mol. The molecular formula is C17H19F3O. The third-order valence-electron chi connectivity index (χ3n) is 5.03. The Morgan fingerprint density at radius 3 is 2.62 bits per heavy atom. The van der Waals surface area contributed by atoms with Crippen LogP contribution < -0.4 is 0 Å². The molecule has 3 unspecified atom stereocenters. The van der Waals surface area contributed by atoms with E-state index < -0.39 is 11.7 Å². The number of carbonyl (C=O) groups is 1. The molecule has 0 saturated heterocycles. The quantitative estimate of drug-likeness (QED) is 0.791. The lowest BCUT2D eigenvalue weighted by molar-refractivity contribution is -0.137. The molecule has 21 heavy (non-hydrogen) atoms. The van der Waals surface area contributed by atoms with Gasteiger partial charge in [-0.1, -0.05) is 24.6 Å². The van der Waals surface area contributed by atoms with E-state index >= 15 is 0 Å². The van der Waals surface area contributed by atoms with Crippen molar-refractivity contribution in [3.63, 3.8) is 0 Å². The van der Waals surface area contributed by atoms with Gasteiger partial charge in [0, 0.05) is 12.8 Å². The Kier molecular flexibility index (Phi) is 3.80. The predicted octanol–water partition coefficient (Wildman–Crippen LogP) is 4.64. The van der Waals surface area contributed by atoms with E-state index in [9.17, 15) is 18.0 Å². The highest BCUT2D eigenvalue weighted by atomic mass is 19.4. The third-order valence-corrected chi connectivity index (χ3v) is 5.03. The molecule has 114 valence electrons. The maximum Gasteiger partial charge on any atom is 0.416 e. The average Bonchev–Trinajstić information content (AvgIpc) is 3.00. The first-order valence-electron chi connectivity index (χ1n) is 7.59. The number of halogens is 3. The zero-order valence-corrected chi connectivity index (χ0v) is 11.8. The summed E-state index contributed by atoms with van der Waals surface area (Å²) in [6.07, 6.45) is 1.23. The molecule has 0 spiro atoms. The van der Waals surface area contributed by atoms with Gasteiger partial charge in [-0.3, -0.25) is 4.79 Å². The number of alkyl halides is 3. The Hall–Kier alpha value is -1.32. The van der Waals surface area contributed by atoms with E-state index in [2.05, 4.69) is 0 Å². The molecule has 2 bridgehead atoms. The summed E-state index contributed by atoms with van der Waals surface area (Å²) >= 11 is 0. The average molecular weight is 296 g/mol. The smallest absolute Gasteiger partial charge is 0.299 e. The van der Waals surface area contributed by atoms with Gasteiger partial charge in [-0.05, 0) is 48.6 Å². The Labute approximate surface area is 122 Å². The number of ketones is 1. The molecule has 1 aromatic rings. The lowest BCUT2D eigenvalue weighted by Crippen LogP contribution is -2.16. The Bertz CT molecular complexity index is 535. The standard InChI is InChI=1S/C17H19F3O/c18-17(19,20)15-3-1-2-11(8-15)9-16(21)10-14-7-12-4-5-13(14)6-12/h1-3,8,12-14H,4-7,9-10H2. The van der Waals surface area contributed by atoms with Crippen molar-refractivity contribution in [1.29, 1.82) is 0 Å². The van der Waals surface area contributed by atoms with Crippen molar-refractivity contribution in [2.75, 3.05) is 0 Å². The first-order valence-corrected chi connectivity index (χ1v) is 7.59. The summed E-state index contributed by atoms with van der Waals surface area (Å²) < 4.78 is 37.9. The van der Waals surface area contributed by atoms with Crippen LogP contribution in [0, 0.1) is 17.8 Å². The van der Waals surface area contributed by atoms with Crippen LogP contribution in [0.15, 0.2) is 24.3 Å². The van der Waals surface area contributed by atoms with Gasteiger partial charge in [-0.2, -0.15) is 13.2 Å². The zero-order chi connectivity index (χ0) is 15.0. The SMILES string of the molecule is O=C(Cc1cccc(C(F)(F)F)c1)CC1CC2CCC1C2. The van der Waals surface area contributed by atoms with Crippen molar-refractivity contribution in [2.45, 2.75) is 44.7 Å². The van der Waals surface area contributed by atoms with Crippen LogP contribution in [-0.2, 0) is 17.4 Å². The number of hydrogen-bond donors (Lipinski definition) is 0. The monoisotopic (exact) mass is 296 g/mol. The summed E-state index contributed by atoms with van der Waals surface area (Å²) in [4.78, 5) is 12.1. The fourth-order valence-electron chi connectivity index (χ4n) is 4.08. The highest BCUT2D eigenvalue weighted by Gasteiger charge is 2.40. The van der Waals surface area contributed by atoms with Gasteiger partial charge in [-0.25, -0.2) is 0 Å². The van der Waals surface area contributed by atoms with Gasteiger partial charge in [0.25, 0.3) is 0 Å². The number of hydrogen-bond acceptors (Lipinski definition) is 1. The minimum atomic E-state index is -4.34. The second-order valence-corrected chi connectivity index (χ2v) is 6.55. The summed E-state index contributed by atoms with van der Waals surface area (Å²) in [7, 11) is 0. The minimum Gasteiger partial charge on any atom is -0.299 e. The normalized spacial score (nSPS) is 28.0. The number of rotatable bonds is 4. The molecule has 2 fully saturated rings. The number of benzene rings is 1. The second kappa shape index (κ2) is 5.47. The van der Waals surface area contributed by atoms with Crippen LogP contribution in [0.25, 0.3) is 0 Å². The molecule has 0 aliphatic heterocycles. The van der Waals surface area contributed by atoms with Crippen LogP contribution >= 0.6 is 0 Å². The van der Waals surface area contributed by atoms with Crippen molar-refractivity contribution in [2.24, 2.45) is 17.8 Å². The van der Waals surface area contributed by atoms with Gasteiger partial charge >= 0.3 is 6.18 Å². The molecule has 0 N–H and O–H groups in total. The van der Waals surface area contributed by atoms with E-state index in [1.807, 2.05) is 0 Å². The minimum absolute atomic E-state index is 0.0758. The van der Waals surface area contributed by atoms with Crippen LogP contribution in [-0.4, -0.2) is 5.78 Å². The van der Waals surface area contributed by atoms with E-state index in [1.54, 1.807) is 6.07 Å². The van der Waals surface area contributed by atoms with E-state index in [1.165, 1.54) is 25.3 Å². The van der Waals surface area contributed by atoms with Crippen LogP contribution in [0.1, 0.15) is 43.2 Å². The summed E-state index contributed by atoms with van der Waals surface area (Å²) in [5.41, 5.74) is -0.203. The van der Waals surface area contributed by atoms with E-state index in [-0.39, 0.29) is 12.2 Å². The van der Waals surface area contributed by atoms with Gasteiger partial charge in [0.1, 0.15) is 5.78 Å². The van der Waals surface area contributed by atoms with E-state index in [0.717, 1.165) is 24.5 Å². The van der Waals surface area contributed by atoms with Crippen LogP contribution in [0.4, 0.5) is 13.2 Å². The molecule has 4 heteroatoms. The van der Waals surface area contributed by atoms with Gasteiger partial charge in [0.15, 0.2) is 0 Å². The lowest BCUT2D eigenvalue weighted by Gasteiger charge is -2.20. The van der Waals surface area contributed by atoms with Crippen molar-refractivity contribution < 1.29 is 18.0 Å². The van der Waals surface area contributed by atoms with Crippen molar-refractivity contribution in [3.05, 3.63) is 35.4 Å². The summed E-state index contributed by atoms with van der Waals surface area (Å²) in [5.74, 6) is 2.02. The number of Topliss-reactive ketones (excluding diaryl/α,β-unsaturated/α-hetero) is 1. The Balaban J connectivity index is 1.60.